The molecule has 0 saturated carbocycles. The minimum Gasteiger partial charge on any atom is -0.398 e. The van der Waals surface area contributed by atoms with Crippen LogP contribution in [0, 0.1) is 11.3 Å². The highest BCUT2D eigenvalue weighted by Crippen LogP contribution is 2.26. The summed E-state index contributed by atoms with van der Waals surface area (Å²) in [7, 11) is 0. The van der Waals surface area contributed by atoms with E-state index in [0.717, 1.165) is 35.4 Å². The molecule has 0 bridgehead atoms. The van der Waals surface area contributed by atoms with Crippen molar-refractivity contribution in [2.75, 3.05) is 18.8 Å². The van der Waals surface area contributed by atoms with E-state index in [0.29, 0.717) is 5.56 Å². The Labute approximate surface area is 105 Å². The van der Waals surface area contributed by atoms with Gasteiger partial charge in [0.1, 0.15) is 0 Å². The average molecular weight is 282 g/mol. The van der Waals surface area contributed by atoms with E-state index >= 15 is 0 Å². The molecule has 1 rings (SSSR count). The number of nitrogens with zero attached hydrogens (tertiary/aromatic N) is 2. The fourth-order valence-corrected chi connectivity index (χ4v) is 2.06. The van der Waals surface area contributed by atoms with Crippen LogP contribution in [-0.2, 0) is 6.54 Å². The van der Waals surface area contributed by atoms with Gasteiger partial charge in [-0.3, -0.25) is 4.90 Å². The lowest BCUT2D eigenvalue weighted by Crippen LogP contribution is -2.22. The molecule has 0 amide bonds. The third-order valence-corrected chi connectivity index (χ3v) is 3.29. The van der Waals surface area contributed by atoms with Gasteiger partial charge in [-0.2, -0.15) is 5.26 Å². The first-order valence-electron chi connectivity index (χ1n) is 5.32. The van der Waals surface area contributed by atoms with Crippen molar-refractivity contribution in [3.05, 3.63) is 27.7 Å². The predicted octanol–water partition coefficient (Wildman–Crippen LogP) is 2.74. The van der Waals surface area contributed by atoms with Gasteiger partial charge in [0.25, 0.3) is 0 Å². The minimum atomic E-state index is 0.642. The van der Waals surface area contributed by atoms with Crippen molar-refractivity contribution >= 4 is 21.6 Å². The number of nitriles is 1. The van der Waals surface area contributed by atoms with Crippen LogP contribution < -0.4 is 5.73 Å². The molecule has 1 aromatic rings. The van der Waals surface area contributed by atoms with Gasteiger partial charge in [0, 0.05) is 11.0 Å². The van der Waals surface area contributed by atoms with Gasteiger partial charge >= 0.3 is 0 Å². The molecule has 3 nitrogen and oxygen atoms in total. The van der Waals surface area contributed by atoms with Gasteiger partial charge in [0.15, 0.2) is 0 Å². The summed E-state index contributed by atoms with van der Waals surface area (Å²) in [5.41, 5.74) is 8.36. The van der Waals surface area contributed by atoms with Gasteiger partial charge in [0.2, 0.25) is 0 Å². The van der Waals surface area contributed by atoms with Crippen molar-refractivity contribution in [3.8, 4) is 6.07 Å². The van der Waals surface area contributed by atoms with Crippen LogP contribution in [0.2, 0.25) is 0 Å². The Balaban J connectivity index is 3.03. The topological polar surface area (TPSA) is 53.0 Å². The molecule has 0 fully saturated rings. The van der Waals surface area contributed by atoms with Gasteiger partial charge in [-0.1, -0.05) is 13.8 Å². The number of rotatable bonds is 4. The Morgan fingerprint density at radius 2 is 2.00 bits per heavy atom. The summed E-state index contributed by atoms with van der Waals surface area (Å²) in [4.78, 5) is 2.26. The van der Waals surface area contributed by atoms with E-state index < -0.39 is 0 Å². The molecule has 0 aliphatic carbocycles. The van der Waals surface area contributed by atoms with Crippen LogP contribution in [0.3, 0.4) is 0 Å². The maximum atomic E-state index is 8.90. The molecule has 86 valence electrons. The molecule has 1 aromatic carbocycles. The van der Waals surface area contributed by atoms with Crippen LogP contribution in [0.4, 0.5) is 5.69 Å². The van der Waals surface area contributed by atoms with Gasteiger partial charge in [0.05, 0.1) is 17.3 Å². The molecule has 2 N–H and O–H groups in total. The summed E-state index contributed by atoms with van der Waals surface area (Å²) in [6, 6.07) is 5.75. The molecule has 0 aliphatic heterocycles. The summed E-state index contributed by atoms with van der Waals surface area (Å²) >= 11 is 3.38. The Kier molecular flexibility index (Phi) is 4.78. The lowest BCUT2D eigenvalue weighted by Gasteiger charge is -2.19. The molecule has 0 spiro atoms. The third kappa shape index (κ3) is 2.97. The summed E-state index contributed by atoms with van der Waals surface area (Å²) in [6.07, 6.45) is 0. The molecule has 0 radical (unpaired) electrons. The average Bonchev–Trinajstić information content (AvgIpc) is 2.30. The number of hydrogen-bond acceptors (Lipinski definition) is 3. The Morgan fingerprint density at radius 1 is 1.38 bits per heavy atom. The normalized spacial score (nSPS) is 10.4. The minimum absolute atomic E-state index is 0.642. The maximum absolute atomic E-state index is 8.90. The van der Waals surface area contributed by atoms with E-state index in [2.05, 4.69) is 40.7 Å². The van der Waals surface area contributed by atoms with Crippen molar-refractivity contribution in [1.82, 2.24) is 4.90 Å². The smallest absolute Gasteiger partial charge is 0.0992 e. The molecule has 0 unspecified atom stereocenters. The van der Waals surface area contributed by atoms with Crippen molar-refractivity contribution in [2.24, 2.45) is 0 Å². The van der Waals surface area contributed by atoms with Crippen LogP contribution in [-0.4, -0.2) is 18.0 Å². The Bertz CT molecular complexity index is 405. The fraction of sp³-hybridized carbons (Fsp3) is 0.417. The maximum Gasteiger partial charge on any atom is 0.0992 e. The highest BCUT2D eigenvalue weighted by molar-refractivity contribution is 9.10. The van der Waals surface area contributed by atoms with E-state index in [9.17, 15) is 0 Å². The van der Waals surface area contributed by atoms with Crippen molar-refractivity contribution in [2.45, 2.75) is 20.4 Å². The lowest BCUT2D eigenvalue weighted by molar-refractivity contribution is 0.296. The molecule has 0 aromatic heterocycles. The standard InChI is InChI=1S/C12H16BrN3/c1-3-16(4-2)8-10-5-9(7-14)6-11(13)12(10)15/h5-6H,3-4,8,15H2,1-2H3. The second kappa shape index (κ2) is 5.88. The largest absolute Gasteiger partial charge is 0.398 e. The molecular formula is C12H16BrN3. The molecule has 0 saturated heterocycles. The predicted molar refractivity (Wildman–Crippen MR) is 69.9 cm³/mol. The van der Waals surface area contributed by atoms with Crippen LogP contribution in [0.25, 0.3) is 0 Å². The van der Waals surface area contributed by atoms with E-state index in [4.69, 9.17) is 11.0 Å². The SMILES string of the molecule is CCN(CC)Cc1cc(C#N)cc(Br)c1N. The number of halogens is 1. The molecule has 0 aliphatic rings. The number of nitrogens with two attached hydrogens (primary N) is 1. The van der Waals surface area contributed by atoms with Gasteiger partial charge < -0.3 is 5.73 Å². The highest BCUT2D eigenvalue weighted by atomic mass is 79.9. The summed E-state index contributed by atoms with van der Waals surface area (Å²) in [5.74, 6) is 0. The second-order valence-corrected chi connectivity index (χ2v) is 4.46. The zero-order chi connectivity index (χ0) is 12.1. The van der Waals surface area contributed by atoms with Crippen LogP contribution >= 0.6 is 15.9 Å². The van der Waals surface area contributed by atoms with Crippen LogP contribution in [0.1, 0.15) is 25.0 Å². The molecule has 16 heavy (non-hydrogen) atoms. The fourth-order valence-electron chi connectivity index (χ4n) is 1.56. The third-order valence-electron chi connectivity index (χ3n) is 2.63. The molecule has 0 atom stereocenters. The number of anilines is 1. The zero-order valence-corrected chi connectivity index (χ0v) is 11.2. The first-order valence-corrected chi connectivity index (χ1v) is 6.12. The summed E-state index contributed by atoms with van der Waals surface area (Å²) in [5, 5.41) is 8.90. The van der Waals surface area contributed by atoms with E-state index in [1.54, 1.807) is 6.07 Å². The van der Waals surface area contributed by atoms with Crippen molar-refractivity contribution in [1.29, 1.82) is 5.26 Å². The molecule has 0 heterocycles. The Hall–Kier alpha value is -1.05. The van der Waals surface area contributed by atoms with Gasteiger partial charge in [-0.15, -0.1) is 0 Å². The molecule has 4 heteroatoms. The van der Waals surface area contributed by atoms with Gasteiger partial charge in [-0.05, 0) is 46.7 Å². The number of benzene rings is 1. The van der Waals surface area contributed by atoms with Crippen molar-refractivity contribution in [3.63, 3.8) is 0 Å². The zero-order valence-electron chi connectivity index (χ0n) is 9.63. The van der Waals surface area contributed by atoms with E-state index in [-0.39, 0.29) is 0 Å². The van der Waals surface area contributed by atoms with Crippen molar-refractivity contribution < 1.29 is 0 Å². The first kappa shape index (κ1) is 13.0. The summed E-state index contributed by atoms with van der Waals surface area (Å²) < 4.78 is 0.800. The van der Waals surface area contributed by atoms with Gasteiger partial charge in [-0.25, -0.2) is 0 Å². The quantitative estimate of drug-likeness (QED) is 0.864. The number of hydrogen-bond donors (Lipinski definition) is 1. The van der Waals surface area contributed by atoms with E-state index in [1.807, 2.05) is 6.07 Å². The monoisotopic (exact) mass is 281 g/mol. The van der Waals surface area contributed by atoms with Crippen LogP contribution in [0.5, 0.6) is 0 Å². The lowest BCUT2D eigenvalue weighted by atomic mass is 10.1. The second-order valence-electron chi connectivity index (χ2n) is 3.60. The number of nitrogen functional groups attached to an aromatic ring is 1. The first-order chi connectivity index (χ1) is 7.62. The van der Waals surface area contributed by atoms with Crippen LogP contribution in [0.15, 0.2) is 16.6 Å². The Morgan fingerprint density at radius 3 is 2.50 bits per heavy atom. The summed E-state index contributed by atoms with van der Waals surface area (Å²) in [6.45, 7) is 6.97. The molecular weight excluding hydrogens is 266 g/mol. The van der Waals surface area contributed by atoms with E-state index in [1.165, 1.54) is 0 Å². The highest BCUT2D eigenvalue weighted by Gasteiger charge is 2.09.